The molecule has 3 aromatic rings. The van der Waals surface area contributed by atoms with Crippen LogP contribution in [0.5, 0.6) is 0 Å². The van der Waals surface area contributed by atoms with E-state index in [9.17, 15) is 14.0 Å². The molecular formula is C25H29FN4O2. The molecule has 7 heteroatoms. The quantitative estimate of drug-likeness (QED) is 0.578. The largest absolute Gasteiger partial charge is 0.353 e. The van der Waals surface area contributed by atoms with Crippen LogP contribution in [0.25, 0.3) is 11.0 Å². The second kappa shape index (κ2) is 9.51. The third-order valence-corrected chi connectivity index (χ3v) is 6.16. The Bertz CT molecular complexity index is 1150. The number of fused-ring (bicyclic) bond motifs is 1. The minimum atomic E-state index is -0.361. The first-order valence-corrected chi connectivity index (χ1v) is 11.2. The number of anilines is 1. The molecule has 2 aromatic carbocycles. The number of aromatic nitrogens is 2. The van der Waals surface area contributed by atoms with E-state index in [1.54, 1.807) is 31.2 Å². The van der Waals surface area contributed by atoms with E-state index >= 15 is 0 Å². The van der Waals surface area contributed by atoms with Crippen LogP contribution in [-0.2, 0) is 11.3 Å². The number of nitrogens with one attached hydrogen (secondary N) is 2. The van der Waals surface area contributed by atoms with Crippen LogP contribution in [0.4, 0.5) is 10.1 Å². The number of aryl methyl sites for hydroxylation is 3. The third-order valence-electron chi connectivity index (χ3n) is 6.16. The van der Waals surface area contributed by atoms with Crippen molar-refractivity contribution in [3.05, 3.63) is 59.2 Å². The molecular weight excluding hydrogens is 407 g/mol. The first kappa shape index (κ1) is 22.0. The van der Waals surface area contributed by atoms with Gasteiger partial charge in [0.05, 0.1) is 11.0 Å². The molecule has 0 atom stereocenters. The zero-order chi connectivity index (χ0) is 22.7. The van der Waals surface area contributed by atoms with Crippen molar-refractivity contribution in [2.24, 2.45) is 0 Å². The average molecular weight is 437 g/mol. The molecule has 0 aliphatic heterocycles. The fraction of sp³-hybridized carbons (Fsp3) is 0.400. The van der Waals surface area contributed by atoms with Crippen molar-refractivity contribution >= 4 is 28.5 Å². The molecule has 1 heterocycles. The lowest BCUT2D eigenvalue weighted by molar-refractivity contribution is -0.122. The minimum absolute atomic E-state index is 0.0690. The van der Waals surface area contributed by atoms with Crippen molar-refractivity contribution in [2.45, 2.75) is 65.0 Å². The topological polar surface area (TPSA) is 76.0 Å². The van der Waals surface area contributed by atoms with Crippen LogP contribution >= 0.6 is 0 Å². The second-order valence-corrected chi connectivity index (χ2v) is 8.58. The molecule has 1 aliphatic rings. The molecule has 32 heavy (non-hydrogen) atoms. The van der Waals surface area contributed by atoms with Crippen molar-refractivity contribution in [3.8, 4) is 0 Å². The summed E-state index contributed by atoms with van der Waals surface area (Å²) in [7, 11) is 0. The molecule has 0 spiro atoms. The number of rotatable bonds is 6. The SMILES string of the molecule is Cc1ccc(NC(=O)c2ccc3c(c2)nc(C)n3CCC(=O)NC2CCCCC2)cc1F. The Labute approximate surface area is 187 Å². The first-order chi connectivity index (χ1) is 15.4. The van der Waals surface area contributed by atoms with Crippen LogP contribution < -0.4 is 10.6 Å². The summed E-state index contributed by atoms with van der Waals surface area (Å²) in [4.78, 5) is 29.6. The van der Waals surface area contributed by atoms with Crippen LogP contribution in [0.2, 0.25) is 0 Å². The Morgan fingerprint density at radius 2 is 1.88 bits per heavy atom. The maximum Gasteiger partial charge on any atom is 0.255 e. The molecule has 1 aliphatic carbocycles. The van der Waals surface area contributed by atoms with Crippen molar-refractivity contribution in [1.29, 1.82) is 0 Å². The summed E-state index contributed by atoms with van der Waals surface area (Å²) in [5, 5.41) is 5.88. The van der Waals surface area contributed by atoms with Gasteiger partial charge in [-0.15, -0.1) is 0 Å². The molecule has 0 bridgehead atoms. The van der Waals surface area contributed by atoms with Crippen LogP contribution in [-0.4, -0.2) is 27.4 Å². The zero-order valence-electron chi connectivity index (χ0n) is 18.6. The summed E-state index contributed by atoms with van der Waals surface area (Å²) < 4.78 is 15.8. The Balaban J connectivity index is 1.43. The van der Waals surface area contributed by atoms with E-state index in [1.165, 1.54) is 25.3 Å². The Kier molecular flexibility index (Phi) is 6.53. The van der Waals surface area contributed by atoms with Crippen LogP contribution in [0.15, 0.2) is 36.4 Å². The molecule has 1 saturated carbocycles. The summed E-state index contributed by atoms with van der Waals surface area (Å²) >= 11 is 0. The van der Waals surface area contributed by atoms with Crippen molar-refractivity contribution in [1.82, 2.24) is 14.9 Å². The zero-order valence-corrected chi connectivity index (χ0v) is 18.6. The minimum Gasteiger partial charge on any atom is -0.353 e. The van der Waals surface area contributed by atoms with Gasteiger partial charge in [-0.05, 0) is 62.6 Å². The number of halogens is 1. The van der Waals surface area contributed by atoms with Crippen LogP contribution in [0.1, 0.15) is 60.3 Å². The van der Waals surface area contributed by atoms with Gasteiger partial charge in [0.25, 0.3) is 5.91 Å². The number of nitrogens with zero attached hydrogens (tertiary/aromatic N) is 2. The second-order valence-electron chi connectivity index (χ2n) is 8.58. The number of hydrogen-bond acceptors (Lipinski definition) is 3. The Morgan fingerprint density at radius 3 is 2.62 bits per heavy atom. The van der Waals surface area contributed by atoms with E-state index < -0.39 is 0 Å². The van der Waals surface area contributed by atoms with E-state index in [2.05, 4.69) is 15.6 Å². The molecule has 0 radical (unpaired) electrons. The lowest BCUT2D eigenvalue weighted by Crippen LogP contribution is -2.36. The molecule has 1 aromatic heterocycles. The summed E-state index contributed by atoms with van der Waals surface area (Å²) in [6.45, 7) is 4.11. The molecule has 0 unspecified atom stereocenters. The Morgan fingerprint density at radius 1 is 1.09 bits per heavy atom. The maximum absolute atomic E-state index is 13.8. The van der Waals surface area contributed by atoms with Gasteiger partial charge in [-0.25, -0.2) is 9.37 Å². The highest BCUT2D eigenvalue weighted by Crippen LogP contribution is 2.21. The first-order valence-electron chi connectivity index (χ1n) is 11.2. The number of carbonyl (C=O) groups is 2. The molecule has 2 N–H and O–H groups in total. The lowest BCUT2D eigenvalue weighted by atomic mass is 9.95. The monoisotopic (exact) mass is 436 g/mol. The van der Waals surface area contributed by atoms with Gasteiger partial charge >= 0.3 is 0 Å². The van der Waals surface area contributed by atoms with E-state index in [-0.39, 0.29) is 17.6 Å². The fourth-order valence-corrected chi connectivity index (χ4v) is 4.31. The number of amides is 2. The molecule has 2 amide bonds. The molecule has 6 nitrogen and oxygen atoms in total. The molecule has 168 valence electrons. The summed E-state index contributed by atoms with van der Waals surface area (Å²) in [5.74, 6) is 0.178. The van der Waals surface area contributed by atoms with Gasteiger partial charge < -0.3 is 15.2 Å². The van der Waals surface area contributed by atoms with E-state index in [4.69, 9.17) is 0 Å². The van der Waals surface area contributed by atoms with Gasteiger partial charge in [-0.3, -0.25) is 9.59 Å². The highest BCUT2D eigenvalue weighted by molar-refractivity contribution is 6.06. The van der Waals surface area contributed by atoms with Gasteiger partial charge in [0.2, 0.25) is 5.91 Å². The van der Waals surface area contributed by atoms with Gasteiger partial charge in [0.15, 0.2) is 0 Å². The fourth-order valence-electron chi connectivity index (χ4n) is 4.31. The standard InChI is InChI=1S/C25H29FN4O2/c1-16-8-10-20(15-21(16)26)29-25(32)18-9-11-23-22(14-18)27-17(2)30(23)13-12-24(31)28-19-6-4-3-5-7-19/h8-11,14-15,19H,3-7,12-13H2,1-2H3,(H,28,31)(H,29,32). The predicted molar refractivity (Wildman–Crippen MR) is 123 cm³/mol. The number of imidazole rings is 1. The van der Waals surface area contributed by atoms with Crippen molar-refractivity contribution in [3.63, 3.8) is 0 Å². The van der Waals surface area contributed by atoms with Crippen molar-refractivity contribution < 1.29 is 14.0 Å². The molecule has 0 saturated heterocycles. The van der Waals surface area contributed by atoms with E-state index in [0.29, 0.717) is 41.3 Å². The van der Waals surface area contributed by atoms with Gasteiger partial charge in [0, 0.05) is 30.3 Å². The van der Waals surface area contributed by atoms with E-state index in [1.807, 2.05) is 17.6 Å². The average Bonchev–Trinajstić information content (AvgIpc) is 3.09. The van der Waals surface area contributed by atoms with Crippen molar-refractivity contribution in [2.75, 3.05) is 5.32 Å². The van der Waals surface area contributed by atoms with E-state index in [0.717, 1.165) is 24.2 Å². The predicted octanol–water partition coefficient (Wildman–Crippen LogP) is 4.88. The highest BCUT2D eigenvalue weighted by atomic mass is 19.1. The molecule has 1 fully saturated rings. The number of benzene rings is 2. The van der Waals surface area contributed by atoms with Gasteiger partial charge in [0.1, 0.15) is 11.6 Å². The van der Waals surface area contributed by atoms with Crippen LogP contribution in [0, 0.1) is 19.7 Å². The summed E-state index contributed by atoms with van der Waals surface area (Å²) in [6, 6.07) is 10.2. The summed E-state index contributed by atoms with van der Waals surface area (Å²) in [6.07, 6.45) is 6.16. The normalized spacial score (nSPS) is 14.5. The van der Waals surface area contributed by atoms with Gasteiger partial charge in [-0.1, -0.05) is 25.3 Å². The Hall–Kier alpha value is -3.22. The number of carbonyl (C=O) groups excluding carboxylic acids is 2. The van der Waals surface area contributed by atoms with Gasteiger partial charge in [-0.2, -0.15) is 0 Å². The third kappa shape index (κ3) is 4.98. The number of hydrogen-bond donors (Lipinski definition) is 2. The smallest absolute Gasteiger partial charge is 0.255 e. The maximum atomic E-state index is 13.8. The highest BCUT2D eigenvalue weighted by Gasteiger charge is 2.17. The van der Waals surface area contributed by atoms with Crippen LogP contribution in [0.3, 0.4) is 0 Å². The molecule has 4 rings (SSSR count). The lowest BCUT2D eigenvalue weighted by Gasteiger charge is -2.22. The summed E-state index contributed by atoms with van der Waals surface area (Å²) in [5.41, 5.74) is 2.95.